The topological polar surface area (TPSA) is 0 Å². The molecule has 4 aliphatic rings. The molecule has 34 valence electrons. The standard InChI is InChI=1S/C7H6/c1-2-4-6-5-3(1)7(4,5)6/h3,5H,1-2H2. The van der Waals surface area contributed by atoms with Gasteiger partial charge in [-0.05, 0) is 24.7 Å². The molecule has 0 heteroatoms. The lowest BCUT2D eigenvalue weighted by Crippen LogP contribution is -1.84. The van der Waals surface area contributed by atoms with E-state index in [1.165, 1.54) is 18.3 Å². The van der Waals surface area contributed by atoms with Crippen LogP contribution in [0.4, 0.5) is 0 Å². The normalized spacial score (nSPS) is 75.4. The molecule has 4 aliphatic carbocycles. The van der Waals surface area contributed by atoms with Crippen LogP contribution in [0.5, 0.6) is 0 Å². The molecule has 7 heavy (non-hydrogen) atoms. The van der Waals surface area contributed by atoms with E-state index < -0.39 is 0 Å². The van der Waals surface area contributed by atoms with Gasteiger partial charge in [0.1, 0.15) is 0 Å². The summed E-state index contributed by atoms with van der Waals surface area (Å²) in [5.74, 6) is 2.42. The summed E-state index contributed by atoms with van der Waals surface area (Å²) in [6.45, 7) is 0. The van der Waals surface area contributed by atoms with E-state index in [0.717, 1.165) is 5.41 Å². The molecule has 3 atom stereocenters. The maximum Gasteiger partial charge on any atom is 0.0233 e. The highest BCUT2D eigenvalue weighted by Crippen LogP contribution is 3.04. The Labute approximate surface area is 42.2 Å². The van der Waals surface area contributed by atoms with Crippen LogP contribution in [0, 0.1) is 17.3 Å². The molecule has 0 saturated heterocycles. The Balaban J connectivity index is 2.28. The molecule has 0 N–H and O–H groups in total. The molecule has 3 unspecified atom stereocenters. The van der Waals surface area contributed by atoms with Crippen molar-refractivity contribution in [3.63, 3.8) is 0 Å². The Morgan fingerprint density at radius 1 is 1.57 bits per heavy atom. The van der Waals surface area contributed by atoms with Crippen molar-refractivity contribution in [3.05, 3.63) is 11.1 Å². The Bertz CT molecular complexity index is 224. The zero-order valence-electron chi connectivity index (χ0n) is 4.07. The van der Waals surface area contributed by atoms with Crippen LogP contribution in [0.1, 0.15) is 12.8 Å². The summed E-state index contributed by atoms with van der Waals surface area (Å²) in [5, 5.41) is 0. The van der Waals surface area contributed by atoms with Gasteiger partial charge in [0.2, 0.25) is 0 Å². The first-order valence-electron chi connectivity index (χ1n) is 3.21. The van der Waals surface area contributed by atoms with Crippen LogP contribution in [0.15, 0.2) is 11.1 Å². The predicted octanol–water partition coefficient (Wildman–Crippen LogP) is 1.34. The fraction of sp³-hybridized carbons (Fsp3) is 0.714. The maximum atomic E-state index is 1.92. The number of hydrogen-bond acceptors (Lipinski definition) is 0. The molecule has 3 saturated carbocycles. The van der Waals surface area contributed by atoms with Gasteiger partial charge in [-0.15, -0.1) is 0 Å². The predicted molar refractivity (Wildman–Crippen MR) is 25.7 cm³/mol. The quantitative estimate of drug-likeness (QED) is 0.394. The van der Waals surface area contributed by atoms with Crippen LogP contribution in [0.2, 0.25) is 0 Å². The summed E-state index contributed by atoms with van der Waals surface area (Å²) in [7, 11) is 0. The number of allylic oxidation sites excluding steroid dienone is 2. The number of fused-ring (bicyclic) bond motifs is 2. The lowest BCUT2D eigenvalue weighted by Gasteiger charge is -1.95. The molecular formula is C7H6. The van der Waals surface area contributed by atoms with Crippen LogP contribution in [-0.2, 0) is 0 Å². The third-order valence-electron chi connectivity index (χ3n) is 3.51. The van der Waals surface area contributed by atoms with E-state index in [9.17, 15) is 0 Å². The first kappa shape index (κ1) is 2.34. The maximum absolute atomic E-state index is 1.92. The fourth-order valence-electron chi connectivity index (χ4n) is 3.08. The Morgan fingerprint density at radius 3 is 2.71 bits per heavy atom. The molecule has 0 aromatic carbocycles. The Hall–Kier alpha value is -0.260. The Kier molecular flexibility index (Phi) is 0.111. The molecular weight excluding hydrogens is 84.1 g/mol. The van der Waals surface area contributed by atoms with Crippen LogP contribution < -0.4 is 0 Å². The molecule has 3 fully saturated rings. The van der Waals surface area contributed by atoms with Crippen LogP contribution >= 0.6 is 0 Å². The van der Waals surface area contributed by atoms with Crippen molar-refractivity contribution in [2.75, 3.05) is 0 Å². The highest BCUT2D eigenvalue weighted by molar-refractivity contribution is 5.82. The SMILES string of the molecule is C1CC2C3C4=C1C423. The highest BCUT2D eigenvalue weighted by Gasteiger charge is 2.97. The van der Waals surface area contributed by atoms with Gasteiger partial charge in [-0.1, -0.05) is 11.1 Å². The molecule has 0 nitrogen and oxygen atoms in total. The lowest BCUT2D eigenvalue weighted by molar-refractivity contribution is 0.666. The summed E-state index contributed by atoms with van der Waals surface area (Å²) in [5.41, 5.74) is 4.77. The van der Waals surface area contributed by atoms with Crippen molar-refractivity contribution >= 4 is 0 Å². The molecule has 0 bridgehead atoms. The van der Waals surface area contributed by atoms with Gasteiger partial charge >= 0.3 is 0 Å². The van der Waals surface area contributed by atoms with Crippen LogP contribution in [0.3, 0.4) is 0 Å². The minimum Gasteiger partial charge on any atom is -0.0585 e. The van der Waals surface area contributed by atoms with Crippen molar-refractivity contribution in [2.45, 2.75) is 12.8 Å². The number of rotatable bonds is 0. The average molecular weight is 90.1 g/mol. The largest absolute Gasteiger partial charge is 0.0585 e. The monoisotopic (exact) mass is 90.0 g/mol. The summed E-state index contributed by atoms with van der Waals surface area (Å²) < 4.78 is 0. The minimum absolute atomic E-state index is 0.944. The molecule has 0 aromatic heterocycles. The van der Waals surface area contributed by atoms with E-state index in [1.54, 1.807) is 6.42 Å². The second-order valence-corrected chi connectivity index (χ2v) is 3.38. The summed E-state index contributed by atoms with van der Waals surface area (Å²) in [6.07, 6.45) is 3.06. The van der Waals surface area contributed by atoms with E-state index in [1.807, 2.05) is 11.1 Å². The smallest absolute Gasteiger partial charge is 0.0233 e. The van der Waals surface area contributed by atoms with Gasteiger partial charge < -0.3 is 0 Å². The molecule has 0 heterocycles. The minimum atomic E-state index is 0.944. The first-order chi connectivity index (χ1) is 3.47. The summed E-state index contributed by atoms with van der Waals surface area (Å²) in [6, 6.07) is 0. The van der Waals surface area contributed by atoms with Crippen molar-refractivity contribution in [3.8, 4) is 0 Å². The van der Waals surface area contributed by atoms with E-state index in [2.05, 4.69) is 0 Å². The van der Waals surface area contributed by atoms with Crippen molar-refractivity contribution in [2.24, 2.45) is 17.3 Å². The van der Waals surface area contributed by atoms with Crippen molar-refractivity contribution < 1.29 is 0 Å². The average Bonchev–Trinajstić information content (AvgIpc) is 2.54. The fourth-order valence-corrected chi connectivity index (χ4v) is 3.08. The van der Waals surface area contributed by atoms with Gasteiger partial charge in [0.05, 0.1) is 0 Å². The van der Waals surface area contributed by atoms with Gasteiger partial charge in [0.25, 0.3) is 0 Å². The van der Waals surface area contributed by atoms with E-state index in [-0.39, 0.29) is 0 Å². The first-order valence-corrected chi connectivity index (χ1v) is 3.21. The third kappa shape index (κ3) is 0.0665. The highest BCUT2D eigenvalue weighted by atomic mass is 15.0. The van der Waals surface area contributed by atoms with E-state index >= 15 is 0 Å². The van der Waals surface area contributed by atoms with Crippen molar-refractivity contribution in [1.29, 1.82) is 0 Å². The molecule has 0 amide bonds. The molecule has 0 aliphatic heterocycles. The van der Waals surface area contributed by atoms with Gasteiger partial charge in [0.15, 0.2) is 0 Å². The molecule has 0 radical (unpaired) electrons. The second-order valence-electron chi connectivity index (χ2n) is 3.38. The van der Waals surface area contributed by atoms with Gasteiger partial charge in [-0.3, -0.25) is 0 Å². The molecule has 0 aromatic rings. The molecule has 4 rings (SSSR count). The third-order valence-corrected chi connectivity index (χ3v) is 3.51. The number of hydrogen-bond donors (Lipinski definition) is 0. The summed E-state index contributed by atoms with van der Waals surface area (Å²) >= 11 is 0. The lowest BCUT2D eigenvalue weighted by atomic mass is 10.1. The van der Waals surface area contributed by atoms with Crippen LogP contribution in [-0.4, -0.2) is 0 Å². The van der Waals surface area contributed by atoms with Crippen LogP contribution in [0.25, 0.3) is 0 Å². The van der Waals surface area contributed by atoms with Gasteiger partial charge in [0, 0.05) is 5.41 Å². The van der Waals surface area contributed by atoms with E-state index in [4.69, 9.17) is 0 Å². The van der Waals surface area contributed by atoms with Gasteiger partial charge in [-0.25, -0.2) is 0 Å². The Morgan fingerprint density at radius 2 is 2.57 bits per heavy atom. The second kappa shape index (κ2) is 0.331. The molecule has 1 spiro atoms. The zero-order valence-corrected chi connectivity index (χ0v) is 4.07. The van der Waals surface area contributed by atoms with Gasteiger partial charge in [-0.2, -0.15) is 0 Å². The van der Waals surface area contributed by atoms with Crippen molar-refractivity contribution in [1.82, 2.24) is 0 Å². The summed E-state index contributed by atoms with van der Waals surface area (Å²) in [4.78, 5) is 0. The zero-order chi connectivity index (χ0) is 4.22. The van der Waals surface area contributed by atoms with E-state index in [0.29, 0.717) is 0 Å².